The molecule has 0 radical (unpaired) electrons. The van der Waals surface area contributed by atoms with Crippen LogP contribution in [0, 0.1) is 5.41 Å². The SMILES string of the molecule is Cn1cnc(CNC2CCC23CCCCC3)n1. The Labute approximate surface area is 103 Å². The molecular formula is C13H22N4. The van der Waals surface area contributed by atoms with E-state index in [2.05, 4.69) is 15.4 Å². The number of nitrogens with one attached hydrogen (secondary N) is 1. The molecule has 1 N–H and O–H groups in total. The van der Waals surface area contributed by atoms with Gasteiger partial charge in [0.1, 0.15) is 6.33 Å². The average Bonchev–Trinajstić information content (AvgIpc) is 2.75. The molecule has 1 aromatic rings. The number of rotatable bonds is 3. The summed E-state index contributed by atoms with van der Waals surface area (Å²) < 4.78 is 1.77. The largest absolute Gasteiger partial charge is 0.306 e. The molecular weight excluding hydrogens is 212 g/mol. The van der Waals surface area contributed by atoms with Crippen LogP contribution < -0.4 is 5.32 Å². The molecule has 0 aliphatic heterocycles. The average molecular weight is 234 g/mol. The van der Waals surface area contributed by atoms with Gasteiger partial charge in [-0.3, -0.25) is 4.68 Å². The van der Waals surface area contributed by atoms with Gasteiger partial charge in [-0.05, 0) is 31.1 Å². The highest BCUT2D eigenvalue weighted by molar-refractivity contribution is 5.02. The molecule has 2 aliphatic carbocycles. The van der Waals surface area contributed by atoms with Gasteiger partial charge in [0.05, 0.1) is 6.54 Å². The van der Waals surface area contributed by atoms with Gasteiger partial charge in [-0.15, -0.1) is 0 Å². The number of hydrogen-bond donors (Lipinski definition) is 1. The third-order valence-electron chi connectivity index (χ3n) is 4.67. The first-order chi connectivity index (χ1) is 8.28. The van der Waals surface area contributed by atoms with Crippen molar-refractivity contribution in [2.45, 2.75) is 57.5 Å². The standard InChI is InChI=1S/C13H22N4/c1-17-10-15-12(16-17)9-14-11-5-8-13(11)6-3-2-4-7-13/h10-11,14H,2-9H2,1H3. The van der Waals surface area contributed by atoms with Crippen molar-refractivity contribution < 1.29 is 0 Å². The van der Waals surface area contributed by atoms with Gasteiger partial charge in [0.15, 0.2) is 5.82 Å². The first-order valence-electron chi connectivity index (χ1n) is 6.86. The molecule has 0 saturated heterocycles. The van der Waals surface area contributed by atoms with Gasteiger partial charge in [0.25, 0.3) is 0 Å². The third-order valence-corrected chi connectivity index (χ3v) is 4.67. The predicted octanol–water partition coefficient (Wildman–Crippen LogP) is 2.02. The molecule has 0 aromatic carbocycles. The lowest BCUT2D eigenvalue weighted by Gasteiger charge is -2.52. The minimum Gasteiger partial charge on any atom is -0.306 e. The van der Waals surface area contributed by atoms with Crippen molar-refractivity contribution in [3.8, 4) is 0 Å². The molecule has 1 heterocycles. The van der Waals surface area contributed by atoms with Crippen molar-refractivity contribution in [1.82, 2.24) is 20.1 Å². The normalized spacial score (nSPS) is 27.0. The Bertz CT molecular complexity index is 379. The second-order valence-corrected chi connectivity index (χ2v) is 5.73. The van der Waals surface area contributed by atoms with Gasteiger partial charge in [-0.2, -0.15) is 5.10 Å². The lowest BCUT2D eigenvalue weighted by molar-refractivity contribution is 0.0218. The van der Waals surface area contributed by atoms with E-state index >= 15 is 0 Å². The van der Waals surface area contributed by atoms with Gasteiger partial charge < -0.3 is 5.32 Å². The van der Waals surface area contributed by atoms with E-state index in [1.165, 1.54) is 44.9 Å². The zero-order valence-corrected chi connectivity index (χ0v) is 10.7. The minimum atomic E-state index is 0.632. The second-order valence-electron chi connectivity index (χ2n) is 5.73. The molecule has 0 amide bonds. The molecule has 2 saturated carbocycles. The Morgan fingerprint density at radius 1 is 1.35 bits per heavy atom. The first kappa shape index (κ1) is 11.2. The lowest BCUT2D eigenvalue weighted by Crippen LogP contribution is -2.54. The van der Waals surface area contributed by atoms with Crippen molar-refractivity contribution in [3.05, 3.63) is 12.2 Å². The molecule has 2 fully saturated rings. The Morgan fingerprint density at radius 2 is 2.18 bits per heavy atom. The summed E-state index contributed by atoms with van der Waals surface area (Å²) in [5, 5.41) is 7.99. The summed E-state index contributed by atoms with van der Waals surface area (Å²) in [5.41, 5.74) is 0.632. The maximum absolute atomic E-state index is 4.32. The van der Waals surface area contributed by atoms with E-state index in [9.17, 15) is 0 Å². The number of hydrogen-bond acceptors (Lipinski definition) is 3. The zero-order chi connectivity index (χ0) is 11.7. The van der Waals surface area contributed by atoms with Crippen LogP contribution in [0.2, 0.25) is 0 Å². The van der Waals surface area contributed by atoms with Crippen LogP contribution in [0.1, 0.15) is 50.8 Å². The van der Waals surface area contributed by atoms with E-state index in [0.717, 1.165) is 12.4 Å². The van der Waals surface area contributed by atoms with Crippen molar-refractivity contribution in [3.63, 3.8) is 0 Å². The molecule has 1 spiro atoms. The van der Waals surface area contributed by atoms with Crippen molar-refractivity contribution in [2.75, 3.05) is 0 Å². The highest BCUT2D eigenvalue weighted by Crippen LogP contribution is 2.51. The fourth-order valence-corrected chi connectivity index (χ4v) is 3.55. The molecule has 94 valence electrons. The topological polar surface area (TPSA) is 42.7 Å². The number of aromatic nitrogens is 3. The molecule has 0 bridgehead atoms. The summed E-state index contributed by atoms with van der Waals surface area (Å²) in [6.45, 7) is 0.827. The molecule has 1 aromatic heterocycles. The van der Waals surface area contributed by atoms with Crippen LogP contribution in [-0.2, 0) is 13.6 Å². The quantitative estimate of drug-likeness (QED) is 0.870. The van der Waals surface area contributed by atoms with Crippen LogP contribution in [0.15, 0.2) is 6.33 Å². The van der Waals surface area contributed by atoms with Crippen LogP contribution in [0.25, 0.3) is 0 Å². The fraction of sp³-hybridized carbons (Fsp3) is 0.846. The Balaban J connectivity index is 1.55. The maximum atomic E-state index is 4.32. The lowest BCUT2D eigenvalue weighted by atomic mass is 9.57. The molecule has 1 atom stereocenters. The molecule has 3 rings (SSSR count). The smallest absolute Gasteiger partial charge is 0.164 e. The zero-order valence-electron chi connectivity index (χ0n) is 10.7. The summed E-state index contributed by atoms with van der Waals surface area (Å²) in [7, 11) is 1.92. The minimum absolute atomic E-state index is 0.632. The number of aryl methyl sites for hydroxylation is 1. The van der Waals surface area contributed by atoms with Crippen LogP contribution in [0.5, 0.6) is 0 Å². The van der Waals surface area contributed by atoms with E-state index in [1.54, 1.807) is 11.0 Å². The summed E-state index contributed by atoms with van der Waals surface area (Å²) in [6.07, 6.45) is 11.7. The molecule has 1 unspecified atom stereocenters. The van der Waals surface area contributed by atoms with Gasteiger partial charge in [-0.25, -0.2) is 4.98 Å². The van der Waals surface area contributed by atoms with Gasteiger partial charge >= 0.3 is 0 Å². The molecule has 4 heteroatoms. The fourth-order valence-electron chi connectivity index (χ4n) is 3.55. The van der Waals surface area contributed by atoms with Crippen LogP contribution in [0.4, 0.5) is 0 Å². The van der Waals surface area contributed by atoms with E-state index in [1.807, 2.05) is 7.05 Å². The van der Waals surface area contributed by atoms with Crippen LogP contribution in [-0.4, -0.2) is 20.8 Å². The summed E-state index contributed by atoms with van der Waals surface area (Å²) >= 11 is 0. The molecule has 4 nitrogen and oxygen atoms in total. The highest BCUT2D eigenvalue weighted by atomic mass is 15.3. The second kappa shape index (κ2) is 4.41. The van der Waals surface area contributed by atoms with Crippen molar-refractivity contribution in [2.24, 2.45) is 12.5 Å². The number of nitrogens with zero attached hydrogens (tertiary/aromatic N) is 3. The monoisotopic (exact) mass is 234 g/mol. The summed E-state index contributed by atoms with van der Waals surface area (Å²) in [5.74, 6) is 0.922. The van der Waals surface area contributed by atoms with Crippen LogP contribution >= 0.6 is 0 Å². The Morgan fingerprint density at radius 3 is 2.76 bits per heavy atom. The van der Waals surface area contributed by atoms with E-state index in [0.29, 0.717) is 11.5 Å². The van der Waals surface area contributed by atoms with Crippen molar-refractivity contribution >= 4 is 0 Å². The van der Waals surface area contributed by atoms with Gasteiger partial charge in [0.2, 0.25) is 0 Å². The Kier molecular flexibility index (Phi) is 2.90. The van der Waals surface area contributed by atoms with E-state index < -0.39 is 0 Å². The molecule has 17 heavy (non-hydrogen) atoms. The first-order valence-corrected chi connectivity index (χ1v) is 6.86. The van der Waals surface area contributed by atoms with E-state index in [-0.39, 0.29) is 0 Å². The maximum Gasteiger partial charge on any atom is 0.164 e. The highest BCUT2D eigenvalue weighted by Gasteiger charge is 2.46. The Hall–Kier alpha value is -0.900. The van der Waals surface area contributed by atoms with Gasteiger partial charge in [-0.1, -0.05) is 19.3 Å². The third kappa shape index (κ3) is 2.10. The van der Waals surface area contributed by atoms with Crippen molar-refractivity contribution in [1.29, 1.82) is 0 Å². The van der Waals surface area contributed by atoms with E-state index in [4.69, 9.17) is 0 Å². The summed E-state index contributed by atoms with van der Waals surface area (Å²) in [4.78, 5) is 4.27. The van der Waals surface area contributed by atoms with Crippen LogP contribution in [0.3, 0.4) is 0 Å². The van der Waals surface area contributed by atoms with Gasteiger partial charge in [0, 0.05) is 13.1 Å². The summed E-state index contributed by atoms with van der Waals surface area (Å²) in [6, 6.07) is 0.714. The molecule has 2 aliphatic rings. The predicted molar refractivity (Wildman–Crippen MR) is 66.4 cm³/mol.